The molecule has 4 nitrogen and oxygen atoms in total. The number of amides is 1. The van der Waals surface area contributed by atoms with E-state index in [0.717, 1.165) is 13.1 Å². The molecule has 1 unspecified atom stereocenters. The lowest BCUT2D eigenvalue weighted by atomic mass is 10.0. The maximum Gasteiger partial charge on any atom is 0.224 e. The molecule has 0 aliphatic rings. The number of carbonyl (C=O) groups excluding carboxylic acids is 1. The molecule has 0 aliphatic heterocycles. The first-order valence-electron chi connectivity index (χ1n) is 5.90. The van der Waals surface area contributed by atoms with Crippen molar-refractivity contribution in [2.24, 2.45) is 5.73 Å². The second-order valence-electron chi connectivity index (χ2n) is 5.46. The SMILES string of the molecule is CCN(C(=O)CC(C)(C)N)C(C)CN(C)C. The van der Waals surface area contributed by atoms with E-state index in [1.807, 2.05) is 39.8 Å². The van der Waals surface area contributed by atoms with Gasteiger partial charge in [-0.3, -0.25) is 4.79 Å². The van der Waals surface area contributed by atoms with Crippen molar-refractivity contribution in [1.29, 1.82) is 0 Å². The van der Waals surface area contributed by atoms with Gasteiger partial charge in [-0.15, -0.1) is 0 Å². The molecule has 0 fully saturated rings. The quantitative estimate of drug-likeness (QED) is 0.736. The minimum atomic E-state index is -0.428. The highest BCUT2D eigenvalue weighted by atomic mass is 16.2. The van der Waals surface area contributed by atoms with E-state index in [-0.39, 0.29) is 11.9 Å². The summed E-state index contributed by atoms with van der Waals surface area (Å²) in [7, 11) is 4.03. The first-order chi connectivity index (χ1) is 7.17. The first-order valence-corrected chi connectivity index (χ1v) is 5.90. The zero-order valence-corrected chi connectivity index (χ0v) is 11.6. The van der Waals surface area contributed by atoms with E-state index >= 15 is 0 Å². The van der Waals surface area contributed by atoms with E-state index < -0.39 is 5.54 Å². The zero-order valence-electron chi connectivity index (χ0n) is 11.6. The molecule has 0 bridgehead atoms. The van der Waals surface area contributed by atoms with Gasteiger partial charge in [0.25, 0.3) is 0 Å². The third-order valence-corrected chi connectivity index (χ3v) is 2.43. The predicted octanol–water partition coefficient (Wildman–Crippen LogP) is 0.912. The lowest BCUT2D eigenvalue weighted by Crippen LogP contribution is -2.47. The Hall–Kier alpha value is -0.610. The molecular formula is C12H27N3O. The molecule has 16 heavy (non-hydrogen) atoms. The molecule has 0 saturated carbocycles. The third-order valence-electron chi connectivity index (χ3n) is 2.43. The Labute approximate surface area is 99.8 Å². The van der Waals surface area contributed by atoms with Crippen molar-refractivity contribution in [3.8, 4) is 0 Å². The third kappa shape index (κ3) is 6.08. The number of rotatable bonds is 6. The Balaban J connectivity index is 4.42. The van der Waals surface area contributed by atoms with Crippen molar-refractivity contribution in [3.05, 3.63) is 0 Å². The fourth-order valence-corrected chi connectivity index (χ4v) is 1.85. The number of likely N-dealkylation sites (N-methyl/N-ethyl adjacent to an activating group) is 2. The molecule has 0 saturated heterocycles. The summed E-state index contributed by atoms with van der Waals surface area (Å²) in [6.07, 6.45) is 0.401. The number of nitrogens with two attached hydrogens (primary N) is 1. The van der Waals surface area contributed by atoms with Crippen LogP contribution < -0.4 is 5.73 Å². The minimum Gasteiger partial charge on any atom is -0.339 e. The van der Waals surface area contributed by atoms with Crippen molar-refractivity contribution >= 4 is 5.91 Å². The van der Waals surface area contributed by atoms with Gasteiger partial charge in [0.15, 0.2) is 0 Å². The molecule has 0 rings (SSSR count). The molecule has 4 heteroatoms. The molecule has 2 N–H and O–H groups in total. The van der Waals surface area contributed by atoms with Crippen LogP contribution >= 0.6 is 0 Å². The lowest BCUT2D eigenvalue weighted by Gasteiger charge is -2.32. The Morgan fingerprint density at radius 3 is 2.19 bits per heavy atom. The van der Waals surface area contributed by atoms with Gasteiger partial charge < -0.3 is 15.5 Å². The molecule has 0 radical (unpaired) electrons. The summed E-state index contributed by atoms with van der Waals surface area (Å²) >= 11 is 0. The highest BCUT2D eigenvalue weighted by molar-refractivity contribution is 5.77. The lowest BCUT2D eigenvalue weighted by molar-refractivity contribution is -0.134. The van der Waals surface area contributed by atoms with E-state index in [0.29, 0.717) is 6.42 Å². The highest BCUT2D eigenvalue weighted by Crippen LogP contribution is 2.10. The molecular weight excluding hydrogens is 202 g/mol. The molecule has 0 heterocycles. The molecule has 0 spiro atoms. The van der Waals surface area contributed by atoms with Crippen LogP contribution in [-0.4, -0.2) is 54.5 Å². The van der Waals surface area contributed by atoms with E-state index in [1.54, 1.807) is 0 Å². The molecule has 0 aliphatic carbocycles. The minimum absolute atomic E-state index is 0.143. The first kappa shape index (κ1) is 15.4. The Bertz CT molecular complexity index is 221. The Kier molecular flexibility index (Phi) is 5.97. The van der Waals surface area contributed by atoms with Gasteiger partial charge in [0, 0.05) is 31.1 Å². The summed E-state index contributed by atoms with van der Waals surface area (Å²) < 4.78 is 0. The van der Waals surface area contributed by atoms with Crippen molar-refractivity contribution in [2.45, 2.75) is 45.7 Å². The van der Waals surface area contributed by atoms with E-state index in [2.05, 4.69) is 11.8 Å². The van der Waals surface area contributed by atoms with Gasteiger partial charge in [-0.2, -0.15) is 0 Å². The monoisotopic (exact) mass is 229 g/mol. The van der Waals surface area contributed by atoms with Crippen molar-refractivity contribution in [1.82, 2.24) is 9.80 Å². The molecule has 0 aromatic rings. The van der Waals surface area contributed by atoms with Gasteiger partial charge in [-0.05, 0) is 41.8 Å². The van der Waals surface area contributed by atoms with E-state index in [4.69, 9.17) is 5.73 Å². The summed E-state index contributed by atoms with van der Waals surface area (Å²) in [5.41, 5.74) is 5.44. The van der Waals surface area contributed by atoms with Gasteiger partial charge in [0.1, 0.15) is 0 Å². The summed E-state index contributed by atoms with van der Waals surface area (Å²) in [5.74, 6) is 0.143. The van der Waals surface area contributed by atoms with Crippen LogP contribution in [0.5, 0.6) is 0 Å². The largest absolute Gasteiger partial charge is 0.339 e. The second-order valence-corrected chi connectivity index (χ2v) is 5.46. The van der Waals surface area contributed by atoms with Gasteiger partial charge in [0.2, 0.25) is 5.91 Å². The molecule has 96 valence electrons. The van der Waals surface area contributed by atoms with Gasteiger partial charge >= 0.3 is 0 Å². The van der Waals surface area contributed by atoms with Crippen molar-refractivity contribution in [2.75, 3.05) is 27.2 Å². The van der Waals surface area contributed by atoms with Gasteiger partial charge in [-0.25, -0.2) is 0 Å². The summed E-state index contributed by atoms with van der Waals surface area (Å²) in [6.45, 7) is 9.47. The maximum absolute atomic E-state index is 12.0. The zero-order chi connectivity index (χ0) is 12.9. The highest BCUT2D eigenvalue weighted by Gasteiger charge is 2.24. The van der Waals surface area contributed by atoms with Crippen LogP contribution in [0.15, 0.2) is 0 Å². The standard InChI is InChI=1S/C12H27N3O/c1-7-15(10(2)9-14(5)6)11(16)8-12(3,4)13/h10H,7-9,13H2,1-6H3. The number of hydrogen-bond acceptors (Lipinski definition) is 3. The van der Waals surface area contributed by atoms with Crippen LogP contribution in [0.25, 0.3) is 0 Å². The van der Waals surface area contributed by atoms with Crippen LogP contribution in [0.1, 0.15) is 34.1 Å². The molecule has 0 aromatic carbocycles. The fraction of sp³-hybridized carbons (Fsp3) is 0.917. The number of nitrogens with zero attached hydrogens (tertiary/aromatic N) is 2. The van der Waals surface area contributed by atoms with E-state index in [9.17, 15) is 4.79 Å². The van der Waals surface area contributed by atoms with Gasteiger partial charge in [0.05, 0.1) is 0 Å². The fourth-order valence-electron chi connectivity index (χ4n) is 1.85. The van der Waals surface area contributed by atoms with Crippen LogP contribution in [0, 0.1) is 0 Å². The van der Waals surface area contributed by atoms with E-state index in [1.165, 1.54) is 0 Å². The second kappa shape index (κ2) is 6.21. The normalized spacial score (nSPS) is 14.0. The van der Waals surface area contributed by atoms with Crippen LogP contribution in [-0.2, 0) is 4.79 Å². The topological polar surface area (TPSA) is 49.6 Å². The van der Waals surface area contributed by atoms with Crippen molar-refractivity contribution < 1.29 is 4.79 Å². The predicted molar refractivity (Wildman–Crippen MR) is 68.3 cm³/mol. The summed E-state index contributed by atoms with van der Waals surface area (Å²) in [5, 5.41) is 0. The summed E-state index contributed by atoms with van der Waals surface area (Å²) in [4.78, 5) is 16.0. The molecule has 0 aromatic heterocycles. The average molecular weight is 229 g/mol. The smallest absolute Gasteiger partial charge is 0.224 e. The molecule has 1 amide bonds. The van der Waals surface area contributed by atoms with Crippen LogP contribution in [0.4, 0.5) is 0 Å². The van der Waals surface area contributed by atoms with Crippen LogP contribution in [0.2, 0.25) is 0 Å². The maximum atomic E-state index is 12.0. The number of carbonyl (C=O) groups is 1. The summed E-state index contributed by atoms with van der Waals surface area (Å²) in [6, 6.07) is 0.231. The van der Waals surface area contributed by atoms with Crippen LogP contribution in [0.3, 0.4) is 0 Å². The molecule has 1 atom stereocenters. The Morgan fingerprint density at radius 2 is 1.88 bits per heavy atom. The van der Waals surface area contributed by atoms with Crippen molar-refractivity contribution in [3.63, 3.8) is 0 Å². The Morgan fingerprint density at radius 1 is 1.38 bits per heavy atom. The van der Waals surface area contributed by atoms with Gasteiger partial charge in [-0.1, -0.05) is 0 Å². The number of hydrogen-bond donors (Lipinski definition) is 1. The average Bonchev–Trinajstić information content (AvgIpc) is 1.99.